The first-order valence-corrected chi connectivity index (χ1v) is 9.45. The van der Waals surface area contributed by atoms with Crippen LogP contribution in [0.4, 0.5) is 0 Å². The second kappa shape index (κ2) is 6.20. The molecule has 0 amide bonds. The monoisotopic (exact) mass is 350 g/mol. The number of nitrogens with zero attached hydrogens (tertiary/aromatic N) is 3. The molecule has 3 fully saturated rings. The second-order valence-corrected chi connectivity index (χ2v) is 8.72. The summed E-state index contributed by atoms with van der Waals surface area (Å²) in [6.45, 7) is 6.35. The van der Waals surface area contributed by atoms with E-state index in [0.717, 1.165) is 44.5 Å². The Morgan fingerprint density at radius 1 is 1.29 bits per heavy atom. The second-order valence-electron chi connectivity index (χ2n) is 8.33. The summed E-state index contributed by atoms with van der Waals surface area (Å²) in [7, 11) is 0. The van der Waals surface area contributed by atoms with Crippen LogP contribution >= 0.6 is 11.6 Å². The van der Waals surface area contributed by atoms with Crippen LogP contribution in [-0.2, 0) is 4.74 Å². The SMILES string of the molecule is CC1(C)CC(N2CC3CC(N)CC3C2c2ccc(Cl)nn2)CCO1. The van der Waals surface area contributed by atoms with Gasteiger partial charge in [-0.2, -0.15) is 5.10 Å². The fraction of sp³-hybridized carbons (Fsp3) is 0.778. The van der Waals surface area contributed by atoms with E-state index in [-0.39, 0.29) is 5.60 Å². The van der Waals surface area contributed by atoms with E-state index in [9.17, 15) is 0 Å². The van der Waals surface area contributed by atoms with Gasteiger partial charge in [-0.05, 0) is 63.5 Å². The van der Waals surface area contributed by atoms with E-state index in [1.165, 1.54) is 0 Å². The molecule has 1 aliphatic carbocycles. The Kier molecular flexibility index (Phi) is 4.32. The maximum absolute atomic E-state index is 6.26. The minimum absolute atomic E-state index is 0.0484. The molecule has 0 bridgehead atoms. The smallest absolute Gasteiger partial charge is 0.151 e. The Labute approximate surface area is 148 Å². The van der Waals surface area contributed by atoms with Crippen molar-refractivity contribution in [3.8, 4) is 0 Å². The third-order valence-corrected chi connectivity index (χ3v) is 6.29. The van der Waals surface area contributed by atoms with Gasteiger partial charge in [0.15, 0.2) is 5.15 Å². The lowest BCUT2D eigenvalue weighted by atomic mass is 9.89. The number of likely N-dealkylation sites (tertiary alicyclic amines) is 1. The van der Waals surface area contributed by atoms with Crippen LogP contribution in [-0.4, -0.2) is 45.9 Å². The fourth-order valence-electron chi connectivity index (χ4n) is 5.16. The first kappa shape index (κ1) is 16.7. The van der Waals surface area contributed by atoms with Gasteiger partial charge < -0.3 is 10.5 Å². The number of hydrogen-bond acceptors (Lipinski definition) is 5. The van der Waals surface area contributed by atoms with Gasteiger partial charge in [0, 0.05) is 25.2 Å². The van der Waals surface area contributed by atoms with Gasteiger partial charge in [-0.1, -0.05) is 11.6 Å². The van der Waals surface area contributed by atoms with E-state index in [2.05, 4.69) is 28.9 Å². The maximum Gasteiger partial charge on any atom is 0.151 e. The highest BCUT2D eigenvalue weighted by molar-refractivity contribution is 6.29. The van der Waals surface area contributed by atoms with Gasteiger partial charge in [-0.3, -0.25) is 4.90 Å². The van der Waals surface area contributed by atoms with Gasteiger partial charge in [0.1, 0.15) is 0 Å². The molecular weight excluding hydrogens is 324 g/mol. The summed E-state index contributed by atoms with van der Waals surface area (Å²) < 4.78 is 5.93. The molecule has 3 aliphatic rings. The van der Waals surface area contributed by atoms with Crippen molar-refractivity contribution in [1.29, 1.82) is 0 Å². The Morgan fingerprint density at radius 3 is 2.83 bits per heavy atom. The van der Waals surface area contributed by atoms with Gasteiger partial charge in [0.2, 0.25) is 0 Å². The van der Waals surface area contributed by atoms with Crippen LogP contribution in [0.5, 0.6) is 0 Å². The number of nitrogens with two attached hydrogens (primary N) is 1. The standard InChI is InChI=1S/C18H27ClN4O/c1-18(2)9-13(5-6-24-18)23-10-11-7-12(20)8-14(11)17(23)15-3-4-16(19)22-21-15/h3-4,11-14,17H,5-10,20H2,1-2H3. The molecule has 132 valence electrons. The molecule has 1 aromatic rings. The number of aromatic nitrogens is 2. The van der Waals surface area contributed by atoms with Crippen molar-refractivity contribution in [2.45, 2.75) is 63.3 Å². The molecule has 0 radical (unpaired) electrons. The van der Waals surface area contributed by atoms with Crippen LogP contribution < -0.4 is 5.73 Å². The lowest BCUT2D eigenvalue weighted by Crippen LogP contribution is -2.46. The van der Waals surface area contributed by atoms with Crippen molar-refractivity contribution in [2.75, 3.05) is 13.2 Å². The van der Waals surface area contributed by atoms with E-state index in [1.54, 1.807) is 0 Å². The predicted octanol–water partition coefficient (Wildman–Crippen LogP) is 2.80. The van der Waals surface area contributed by atoms with E-state index < -0.39 is 0 Å². The number of halogens is 1. The predicted molar refractivity (Wildman–Crippen MR) is 93.7 cm³/mol. The average molecular weight is 351 g/mol. The highest BCUT2D eigenvalue weighted by atomic mass is 35.5. The van der Waals surface area contributed by atoms with Crippen molar-refractivity contribution in [1.82, 2.24) is 15.1 Å². The largest absolute Gasteiger partial charge is 0.375 e. The van der Waals surface area contributed by atoms with Gasteiger partial charge in [-0.25, -0.2) is 0 Å². The normalized spacial score (nSPS) is 39.1. The van der Waals surface area contributed by atoms with Crippen molar-refractivity contribution < 1.29 is 4.74 Å². The summed E-state index contributed by atoms with van der Waals surface area (Å²) >= 11 is 5.95. The number of rotatable bonds is 2. The molecule has 0 aromatic carbocycles. The molecule has 5 unspecified atom stereocenters. The molecule has 2 N–H and O–H groups in total. The number of fused-ring (bicyclic) bond motifs is 1. The van der Waals surface area contributed by atoms with E-state index in [4.69, 9.17) is 22.1 Å². The summed E-state index contributed by atoms with van der Waals surface area (Å²) in [6, 6.07) is 5.09. The lowest BCUT2D eigenvalue weighted by molar-refractivity contribution is -0.0871. The minimum Gasteiger partial charge on any atom is -0.375 e. The topological polar surface area (TPSA) is 64.3 Å². The Balaban J connectivity index is 1.63. The zero-order valence-corrected chi connectivity index (χ0v) is 15.2. The van der Waals surface area contributed by atoms with Crippen LogP contribution in [0.2, 0.25) is 5.15 Å². The molecule has 2 aliphatic heterocycles. The molecule has 4 rings (SSSR count). The fourth-order valence-corrected chi connectivity index (χ4v) is 5.26. The molecular formula is C18H27ClN4O. The average Bonchev–Trinajstić information content (AvgIpc) is 3.03. The quantitative estimate of drug-likeness (QED) is 0.888. The summed E-state index contributed by atoms with van der Waals surface area (Å²) in [4.78, 5) is 2.67. The van der Waals surface area contributed by atoms with Crippen LogP contribution in [0.15, 0.2) is 12.1 Å². The van der Waals surface area contributed by atoms with E-state index in [1.807, 2.05) is 12.1 Å². The molecule has 5 atom stereocenters. The molecule has 5 nitrogen and oxygen atoms in total. The summed E-state index contributed by atoms with van der Waals surface area (Å²) in [5.41, 5.74) is 7.26. The minimum atomic E-state index is -0.0484. The Hall–Kier alpha value is -0.750. The van der Waals surface area contributed by atoms with Crippen LogP contribution in [0.25, 0.3) is 0 Å². The third-order valence-electron chi connectivity index (χ3n) is 6.09. The van der Waals surface area contributed by atoms with Crippen molar-refractivity contribution in [2.24, 2.45) is 17.6 Å². The van der Waals surface area contributed by atoms with E-state index >= 15 is 0 Å². The number of hydrogen-bond donors (Lipinski definition) is 1. The van der Waals surface area contributed by atoms with Crippen molar-refractivity contribution in [3.05, 3.63) is 23.0 Å². The molecule has 3 heterocycles. The lowest BCUT2D eigenvalue weighted by Gasteiger charge is -2.42. The molecule has 24 heavy (non-hydrogen) atoms. The van der Waals surface area contributed by atoms with Gasteiger partial charge in [0.05, 0.1) is 17.3 Å². The van der Waals surface area contributed by atoms with Crippen LogP contribution in [0, 0.1) is 11.8 Å². The Morgan fingerprint density at radius 2 is 2.12 bits per heavy atom. The summed E-state index contributed by atoms with van der Waals surface area (Å²) in [5, 5.41) is 8.98. The van der Waals surface area contributed by atoms with Gasteiger partial charge >= 0.3 is 0 Å². The highest BCUT2D eigenvalue weighted by Crippen LogP contribution is 2.50. The summed E-state index contributed by atoms with van der Waals surface area (Å²) in [6.07, 6.45) is 4.37. The zero-order valence-electron chi connectivity index (χ0n) is 14.5. The number of ether oxygens (including phenoxy) is 1. The van der Waals surface area contributed by atoms with Crippen molar-refractivity contribution >= 4 is 11.6 Å². The van der Waals surface area contributed by atoms with Gasteiger partial charge in [-0.15, -0.1) is 5.10 Å². The molecule has 1 aromatic heterocycles. The molecule has 2 saturated heterocycles. The zero-order chi connectivity index (χ0) is 16.9. The van der Waals surface area contributed by atoms with Crippen molar-refractivity contribution in [3.63, 3.8) is 0 Å². The highest BCUT2D eigenvalue weighted by Gasteiger charge is 2.50. The molecule has 1 saturated carbocycles. The van der Waals surface area contributed by atoms with Crippen LogP contribution in [0.1, 0.15) is 51.3 Å². The van der Waals surface area contributed by atoms with E-state index in [0.29, 0.717) is 35.1 Å². The van der Waals surface area contributed by atoms with Gasteiger partial charge in [0.25, 0.3) is 0 Å². The first-order chi connectivity index (χ1) is 11.4. The summed E-state index contributed by atoms with van der Waals surface area (Å²) in [5.74, 6) is 1.26. The van der Waals surface area contributed by atoms with Crippen LogP contribution in [0.3, 0.4) is 0 Å². The maximum atomic E-state index is 6.26. The molecule has 6 heteroatoms. The third kappa shape index (κ3) is 3.07. The Bertz CT molecular complexity index is 593. The molecule has 0 spiro atoms. The first-order valence-electron chi connectivity index (χ1n) is 9.07.